The third-order valence-corrected chi connectivity index (χ3v) is 13.5. The van der Waals surface area contributed by atoms with Crippen molar-refractivity contribution in [1.82, 2.24) is 5.32 Å². The normalized spacial score (nSPS) is 15.0. The standard InChI is InChI=1S/C59H109N2O7P/c1-6-8-10-12-14-16-18-20-21-22-23-24-25-26-27-28-29-30-31-32-33-34-35-36-37-38-39-40-42-44-46-48-50-52-58(63)60-56(55-68-69(65,66)67-54-53-61(3,4)5)59(64)57(62)51-49-47-45-43-41-19-17-15-13-11-9-7-2/h8,10,14,16,20-21,23-24,26-27,29-30,56-57,59,62,64H,6-7,9,11-13,15,17-19,22,25,28,31-55H2,1-5H3,(H-,60,63,65,66)/b10-8-,16-14-,21-20-,24-23-,27-26-,30-29-. The molecule has 0 radical (unpaired) electrons. The molecule has 10 heteroatoms. The first kappa shape index (κ1) is 66.9. The van der Waals surface area contributed by atoms with Crippen molar-refractivity contribution in [3.05, 3.63) is 72.9 Å². The summed E-state index contributed by atoms with van der Waals surface area (Å²) in [4.78, 5) is 25.5. The lowest BCUT2D eigenvalue weighted by atomic mass is 9.99. The Morgan fingerprint density at radius 3 is 1.33 bits per heavy atom. The molecule has 3 N–H and O–H groups in total. The fourth-order valence-electron chi connectivity index (χ4n) is 8.08. The molecule has 0 aliphatic carbocycles. The zero-order valence-corrected chi connectivity index (χ0v) is 46.3. The van der Waals surface area contributed by atoms with Gasteiger partial charge in [0, 0.05) is 6.42 Å². The fourth-order valence-corrected chi connectivity index (χ4v) is 8.80. The highest BCUT2D eigenvalue weighted by atomic mass is 31.2. The second kappa shape index (κ2) is 49.5. The SMILES string of the molecule is CC/C=C\C/C=C\C/C=C\C/C=C\C/C=C\C/C=C\CCCCCCCCCCCCCCCCC(=O)NC(COP(=O)([O-])OCC[N+](C)(C)C)C(O)C(O)CCCCCCCCCCCCCC. The maximum absolute atomic E-state index is 13.0. The van der Waals surface area contributed by atoms with Gasteiger partial charge in [-0.05, 0) is 64.2 Å². The number of hydrogen-bond donors (Lipinski definition) is 3. The van der Waals surface area contributed by atoms with Crippen molar-refractivity contribution >= 4 is 13.7 Å². The number of nitrogens with one attached hydrogen (secondary N) is 1. The van der Waals surface area contributed by atoms with Gasteiger partial charge in [-0.25, -0.2) is 0 Å². The number of allylic oxidation sites excluding steroid dienone is 12. The van der Waals surface area contributed by atoms with Crippen LogP contribution in [0.3, 0.4) is 0 Å². The average Bonchev–Trinajstić information content (AvgIpc) is 3.31. The Labute approximate surface area is 426 Å². The van der Waals surface area contributed by atoms with Crippen LogP contribution in [0.15, 0.2) is 72.9 Å². The molecular weight excluding hydrogens is 880 g/mol. The number of carbonyl (C=O) groups is 1. The van der Waals surface area contributed by atoms with Crippen molar-refractivity contribution < 1.29 is 38.0 Å². The molecule has 4 atom stereocenters. The number of unbranched alkanes of at least 4 members (excludes halogenated alkanes) is 25. The van der Waals surface area contributed by atoms with E-state index in [1.165, 1.54) is 128 Å². The average molecular weight is 990 g/mol. The molecule has 1 amide bonds. The summed E-state index contributed by atoms with van der Waals surface area (Å²) in [5.41, 5.74) is 0. The van der Waals surface area contributed by atoms with E-state index >= 15 is 0 Å². The Hall–Kier alpha value is -2.10. The largest absolute Gasteiger partial charge is 0.756 e. The van der Waals surface area contributed by atoms with Crippen molar-refractivity contribution in [3.8, 4) is 0 Å². The van der Waals surface area contributed by atoms with Crippen molar-refractivity contribution in [1.29, 1.82) is 0 Å². The molecule has 69 heavy (non-hydrogen) atoms. The summed E-state index contributed by atoms with van der Waals surface area (Å²) >= 11 is 0. The maximum atomic E-state index is 13.0. The molecule has 0 aromatic rings. The van der Waals surface area contributed by atoms with E-state index < -0.39 is 32.7 Å². The minimum Gasteiger partial charge on any atom is -0.756 e. The third kappa shape index (κ3) is 50.6. The quantitative estimate of drug-likeness (QED) is 0.0240. The van der Waals surface area contributed by atoms with E-state index in [4.69, 9.17) is 9.05 Å². The highest BCUT2D eigenvalue weighted by molar-refractivity contribution is 7.45. The highest BCUT2D eigenvalue weighted by Gasteiger charge is 2.29. The molecule has 0 rings (SSSR count). The van der Waals surface area contributed by atoms with Gasteiger partial charge in [-0.15, -0.1) is 0 Å². The molecule has 9 nitrogen and oxygen atoms in total. The Morgan fingerprint density at radius 1 is 0.536 bits per heavy atom. The van der Waals surface area contributed by atoms with Crippen LogP contribution in [0.2, 0.25) is 0 Å². The molecule has 0 aliphatic rings. The number of aliphatic hydroxyl groups excluding tert-OH is 2. The highest BCUT2D eigenvalue weighted by Crippen LogP contribution is 2.38. The summed E-state index contributed by atoms with van der Waals surface area (Å²) < 4.78 is 23.2. The molecular formula is C59H109N2O7P. The van der Waals surface area contributed by atoms with E-state index in [0.717, 1.165) is 77.0 Å². The van der Waals surface area contributed by atoms with Gasteiger partial charge in [0.2, 0.25) is 5.91 Å². The molecule has 0 heterocycles. The first-order chi connectivity index (χ1) is 33.4. The van der Waals surface area contributed by atoms with Crippen LogP contribution in [-0.4, -0.2) is 79.8 Å². The summed E-state index contributed by atoms with van der Waals surface area (Å²) in [5, 5.41) is 24.7. The lowest BCUT2D eigenvalue weighted by Crippen LogP contribution is -2.51. The number of aliphatic hydroxyl groups is 2. The van der Waals surface area contributed by atoms with Gasteiger partial charge in [0.1, 0.15) is 19.3 Å². The van der Waals surface area contributed by atoms with E-state index in [-0.39, 0.29) is 18.9 Å². The number of phosphoric acid groups is 1. The topological polar surface area (TPSA) is 128 Å². The predicted octanol–water partition coefficient (Wildman–Crippen LogP) is 15.4. The number of likely N-dealkylation sites (N-methyl/N-ethyl adjacent to an activating group) is 1. The number of quaternary nitrogens is 1. The molecule has 0 aromatic heterocycles. The lowest BCUT2D eigenvalue weighted by molar-refractivity contribution is -0.870. The number of carbonyl (C=O) groups excluding carboxylic acids is 1. The number of phosphoric ester groups is 1. The second-order valence-corrected chi connectivity index (χ2v) is 21.8. The van der Waals surface area contributed by atoms with E-state index in [2.05, 4.69) is 92.1 Å². The van der Waals surface area contributed by atoms with Crippen LogP contribution in [0, 0.1) is 0 Å². The minimum absolute atomic E-state index is 0.0425. The Morgan fingerprint density at radius 2 is 0.913 bits per heavy atom. The van der Waals surface area contributed by atoms with E-state index in [0.29, 0.717) is 23.9 Å². The molecule has 0 aromatic carbocycles. The van der Waals surface area contributed by atoms with Crippen LogP contribution in [0.5, 0.6) is 0 Å². The number of rotatable bonds is 51. The Kier molecular flexibility index (Phi) is 48.0. The van der Waals surface area contributed by atoms with Gasteiger partial charge < -0.3 is 34.0 Å². The third-order valence-electron chi connectivity index (χ3n) is 12.6. The molecule has 0 spiro atoms. The van der Waals surface area contributed by atoms with Crippen molar-refractivity contribution in [2.45, 2.75) is 257 Å². The van der Waals surface area contributed by atoms with Crippen LogP contribution < -0.4 is 10.2 Å². The van der Waals surface area contributed by atoms with Gasteiger partial charge in [-0.1, -0.05) is 241 Å². The Balaban J connectivity index is 4.14. The predicted molar refractivity (Wildman–Crippen MR) is 294 cm³/mol. The molecule has 0 saturated heterocycles. The minimum atomic E-state index is -4.67. The van der Waals surface area contributed by atoms with Crippen LogP contribution >= 0.6 is 7.82 Å². The van der Waals surface area contributed by atoms with Gasteiger partial charge in [-0.2, -0.15) is 0 Å². The number of nitrogens with zero attached hydrogens (tertiary/aromatic N) is 1. The van der Waals surface area contributed by atoms with Crippen molar-refractivity contribution in [2.24, 2.45) is 0 Å². The lowest BCUT2D eigenvalue weighted by Gasteiger charge is -2.31. The van der Waals surface area contributed by atoms with Crippen LogP contribution in [0.1, 0.15) is 239 Å². The van der Waals surface area contributed by atoms with E-state index in [1.807, 2.05) is 21.1 Å². The summed E-state index contributed by atoms with van der Waals surface area (Å²) in [5.74, 6) is -0.281. The van der Waals surface area contributed by atoms with Crippen LogP contribution in [-0.2, 0) is 18.4 Å². The summed E-state index contributed by atoms with van der Waals surface area (Å²) in [6.07, 6.45) is 63.9. The molecule has 4 unspecified atom stereocenters. The number of hydrogen-bond acceptors (Lipinski definition) is 7. The maximum Gasteiger partial charge on any atom is 0.268 e. The molecule has 0 fully saturated rings. The van der Waals surface area contributed by atoms with Gasteiger partial charge in [0.05, 0.1) is 39.9 Å². The Bertz CT molecular complexity index is 1370. The fraction of sp³-hybridized carbons (Fsp3) is 0.780. The summed E-state index contributed by atoms with van der Waals surface area (Å²) in [7, 11) is 1.12. The van der Waals surface area contributed by atoms with Gasteiger partial charge >= 0.3 is 0 Å². The van der Waals surface area contributed by atoms with Crippen molar-refractivity contribution in [3.63, 3.8) is 0 Å². The monoisotopic (exact) mass is 989 g/mol. The zero-order chi connectivity index (χ0) is 50.8. The van der Waals surface area contributed by atoms with Crippen molar-refractivity contribution in [2.75, 3.05) is 40.9 Å². The molecule has 0 bridgehead atoms. The van der Waals surface area contributed by atoms with E-state index in [1.54, 1.807) is 0 Å². The first-order valence-electron chi connectivity index (χ1n) is 28.4. The molecule has 0 saturated carbocycles. The van der Waals surface area contributed by atoms with E-state index in [9.17, 15) is 24.5 Å². The summed E-state index contributed by atoms with van der Waals surface area (Å²) in [6.45, 7) is 4.33. The first-order valence-corrected chi connectivity index (χ1v) is 29.8. The molecule has 402 valence electrons. The van der Waals surface area contributed by atoms with Gasteiger partial charge in [0.25, 0.3) is 7.82 Å². The van der Waals surface area contributed by atoms with Gasteiger partial charge in [-0.3, -0.25) is 9.36 Å². The second-order valence-electron chi connectivity index (χ2n) is 20.4. The van der Waals surface area contributed by atoms with Gasteiger partial charge in [0.15, 0.2) is 0 Å². The van der Waals surface area contributed by atoms with Crippen LogP contribution in [0.4, 0.5) is 0 Å². The number of amides is 1. The molecule has 0 aliphatic heterocycles. The summed E-state index contributed by atoms with van der Waals surface area (Å²) in [6, 6.07) is -1.08. The van der Waals surface area contributed by atoms with Crippen LogP contribution in [0.25, 0.3) is 0 Å². The zero-order valence-electron chi connectivity index (χ0n) is 45.4. The smallest absolute Gasteiger partial charge is 0.268 e.